The van der Waals surface area contributed by atoms with E-state index in [0.717, 1.165) is 11.8 Å². The largest absolute Gasteiger partial charge is 0.434 e. The second-order valence-corrected chi connectivity index (χ2v) is 8.05. The monoisotopic (exact) mass is 494 g/mol. The number of anilines is 1. The van der Waals surface area contributed by atoms with Crippen molar-refractivity contribution in [3.63, 3.8) is 0 Å². The molecular weight excluding hydrogens is 477 g/mol. The van der Waals surface area contributed by atoms with Crippen LogP contribution in [0.1, 0.15) is 18.2 Å². The summed E-state index contributed by atoms with van der Waals surface area (Å²) >= 11 is 0.926. The first-order valence-electron chi connectivity index (χ1n) is 9.88. The number of carbonyl (C=O) groups excluding carboxylic acids is 1. The maximum absolute atomic E-state index is 13.2. The number of pyridine rings is 1. The molecule has 4 rings (SSSR count). The van der Waals surface area contributed by atoms with Gasteiger partial charge in [0.15, 0.2) is 11.9 Å². The number of aromatic amines is 1. The van der Waals surface area contributed by atoms with Crippen LogP contribution >= 0.6 is 11.8 Å². The van der Waals surface area contributed by atoms with E-state index in [2.05, 4.69) is 40.8 Å². The zero-order chi connectivity index (χ0) is 24.5. The number of hydrogen-bond acceptors (Lipinski definition) is 9. The van der Waals surface area contributed by atoms with Gasteiger partial charge in [0.2, 0.25) is 0 Å². The summed E-state index contributed by atoms with van der Waals surface area (Å²) in [5.74, 6) is -0.921. The molecule has 34 heavy (non-hydrogen) atoms. The lowest BCUT2D eigenvalue weighted by atomic mass is 10.1. The fraction of sp³-hybridized carbons (Fsp3) is 0.316. The zero-order valence-corrected chi connectivity index (χ0v) is 18.5. The standard InChI is InChI=1S/C19H17F3N8O3S/c1-3-23-17(31)28-13-5-9(16-27-12(7-34-16)19(20,21)22)10(6-24-13)14-25-8(2)4-11(26-14)15-29-30-18(32)33-15/h4-6,12H,3,7H2,1-2H3,(H,30,32)(H2,23,24,28,31). The zero-order valence-electron chi connectivity index (χ0n) is 17.7. The molecule has 4 heterocycles. The second-order valence-electron chi connectivity index (χ2n) is 7.04. The molecule has 0 aromatic carbocycles. The van der Waals surface area contributed by atoms with E-state index in [-0.39, 0.29) is 45.2 Å². The molecular formula is C19H17F3N8O3S. The quantitative estimate of drug-likeness (QED) is 0.490. The minimum Gasteiger partial charge on any atom is -0.386 e. The number of carbonyl (C=O) groups is 1. The number of thioether (sulfide) groups is 1. The molecule has 3 N–H and O–H groups in total. The third-order valence-electron chi connectivity index (χ3n) is 4.49. The smallest absolute Gasteiger partial charge is 0.386 e. The molecule has 1 unspecified atom stereocenters. The topological polar surface area (TPSA) is 151 Å². The number of rotatable bonds is 5. The van der Waals surface area contributed by atoms with Gasteiger partial charge in [-0.3, -0.25) is 10.3 Å². The average molecular weight is 494 g/mol. The van der Waals surface area contributed by atoms with E-state index in [1.165, 1.54) is 18.3 Å². The number of aliphatic imine (C=N–C) groups is 1. The molecule has 3 aromatic heterocycles. The Kier molecular flexibility index (Phi) is 6.37. The number of nitrogens with zero attached hydrogens (tertiary/aromatic N) is 5. The number of urea groups is 1. The predicted molar refractivity (Wildman–Crippen MR) is 118 cm³/mol. The summed E-state index contributed by atoms with van der Waals surface area (Å²) in [4.78, 5) is 40.0. The van der Waals surface area contributed by atoms with Crippen LogP contribution in [0.2, 0.25) is 0 Å². The minimum atomic E-state index is -4.49. The Morgan fingerprint density at radius 1 is 1.29 bits per heavy atom. The molecule has 1 aliphatic heterocycles. The van der Waals surface area contributed by atoms with Crippen molar-refractivity contribution in [2.45, 2.75) is 26.1 Å². The molecule has 0 aliphatic carbocycles. The van der Waals surface area contributed by atoms with Gasteiger partial charge in [-0.1, -0.05) is 0 Å². The lowest BCUT2D eigenvalue weighted by Gasteiger charge is -2.12. The average Bonchev–Trinajstić information content (AvgIpc) is 3.43. The van der Waals surface area contributed by atoms with Crippen molar-refractivity contribution in [1.29, 1.82) is 0 Å². The summed E-state index contributed by atoms with van der Waals surface area (Å²) in [7, 11) is 0. The van der Waals surface area contributed by atoms with Gasteiger partial charge in [-0.15, -0.1) is 16.9 Å². The van der Waals surface area contributed by atoms with E-state index in [9.17, 15) is 22.8 Å². The van der Waals surface area contributed by atoms with Gasteiger partial charge in [0.1, 0.15) is 11.5 Å². The lowest BCUT2D eigenvalue weighted by Crippen LogP contribution is -2.28. The van der Waals surface area contributed by atoms with Crippen molar-refractivity contribution in [2.24, 2.45) is 4.99 Å². The van der Waals surface area contributed by atoms with Crippen LogP contribution in [0.25, 0.3) is 23.0 Å². The van der Waals surface area contributed by atoms with Crippen LogP contribution in [0.4, 0.5) is 23.8 Å². The number of alkyl halides is 3. The van der Waals surface area contributed by atoms with Gasteiger partial charge in [0.25, 0.3) is 5.89 Å². The molecule has 0 radical (unpaired) electrons. The molecule has 15 heteroatoms. The number of nitrogens with one attached hydrogen (secondary N) is 3. The van der Waals surface area contributed by atoms with Gasteiger partial charge in [0.05, 0.1) is 5.04 Å². The molecule has 0 saturated heterocycles. The highest BCUT2D eigenvalue weighted by Gasteiger charge is 2.43. The highest BCUT2D eigenvalue weighted by Crippen LogP contribution is 2.36. The van der Waals surface area contributed by atoms with Crippen LogP contribution in [-0.2, 0) is 0 Å². The van der Waals surface area contributed by atoms with Crippen LogP contribution in [0.3, 0.4) is 0 Å². The van der Waals surface area contributed by atoms with Gasteiger partial charge in [-0.25, -0.2) is 29.6 Å². The SMILES string of the molecule is CCNC(=O)Nc1cc(C2=NC(C(F)(F)F)CS2)c(-c2nc(C)cc(-c3n[nH]c(=O)o3)n2)cn1. The summed E-state index contributed by atoms with van der Waals surface area (Å²) in [6, 6.07) is 0.559. The fourth-order valence-corrected chi connectivity index (χ4v) is 4.13. The Morgan fingerprint density at radius 2 is 2.09 bits per heavy atom. The maximum atomic E-state index is 13.2. The molecule has 0 spiro atoms. The first-order chi connectivity index (χ1) is 16.1. The molecule has 0 bridgehead atoms. The number of hydrogen-bond donors (Lipinski definition) is 3. The summed E-state index contributed by atoms with van der Waals surface area (Å²) in [5.41, 5.74) is 1.21. The van der Waals surface area contributed by atoms with Crippen molar-refractivity contribution < 1.29 is 22.4 Å². The van der Waals surface area contributed by atoms with E-state index in [0.29, 0.717) is 12.2 Å². The van der Waals surface area contributed by atoms with E-state index in [1.54, 1.807) is 13.8 Å². The Balaban J connectivity index is 1.82. The summed E-state index contributed by atoms with van der Waals surface area (Å²) in [6.07, 6.45) is -3.16. The Bertz CT molecular complexity index is 1320. The van der Waals surface area contributed by atoms with Crippen LogP contribution in [0.5, 0.6) is 0 Å². The summed E-state index contributed by atoms with van der Waals surface area (Å²) in [6.45, 7) is 3.77. The van der Waals surface area contributed by atoms with E-state index >= 15 is 0 Å². The third kappa shape index (κ3) is 5.08. The predicted octanol–water partition coefficient (Wildman–Crippen LogP) is 2.76. The Morgan fingerprint density at radius 3 is 2.74 bits per heavy atom. The first kappa shape index (κ1) is 23.4. The number of amides is 2. The van der Waals surface area contributed by atoms with Crippen LogP contribution in [0.15, 0.2) is 32.5 Å². The highest BCUT2D eigenvalue weighted by atomic mass is 32.2. The van der Waals surface area contributed by atoms with E-state index in [4.69, 9.17) is 4.42 Å². The van der Waals surface area contributed by atoms with Gasteiger partial charge in [0, 0.05) is 35.3 Å². The van der Waals surface area contributed by atoms with Crippen LogP contribution < -0.4 is 16.4 Å². The summed E-state index contributed by atoms with van der Waals surface area (Å²) in [5, 5.41) is 11.1. The minimum absolute atomic E-state index is 0.0782. The van der Waals surface area contributed by atoms with E-state index in [1.807, 2.05) is 0 Å². The molecule has 178 valence electrons. The van der Waals surface area contributed by atoms with Crippen molar-refractivity contribution in [1.82, 2.24) is 30.5 Å². The van der Waals surface area contributed by atoms with Crippen LogP contribution in [0, 0.1) is 6.92 Å². The Hall–Kier alpha value is -3.75. The molecule has 11 nitrogen and oxygen atoms in total. The van der Waals surface area contributed by atoms with Gasteiger partial charge in [-0.2, -0.15) is 13.2 Å². The molecule has 1 atom stereocenters. The molecule has 2 amide bonds. The third-order valence-corrected chi connectivity index (χ3v) is 5.58. The first-order valence-corrected chi connectivity index (χ1v) is 10.9. The fourth-order valence-electron chi connectivity index (χ4n) is 3.03. The van der Waals surface area contributed by atoms with Gasteiger partial charge < -0.3 is 9.73 Å². The van der Waals surface area contributed by atoms with E-state index < -0.39 is 24.0 Å². The van der Waals surface area contributed by atoms with Crippen molar-refractivity contribution >= 4 is 28.7 Å². The van der Waals surface area contributed by atoms with Crippen molar-refractivity contribution in [3.05, 3.63) is 40.1 Å². The number of aromatic nitrogens is 5. The summed E-state index contributed by atoms with van der Waals surface area (Å²) < 4.78 is 44.7. The molecule has 1 aliphatic rings. The molecule has 0 saturated carbocycles. The Labute approximate surface area is 193 Å². The van der Waals surface area contributed by atoms with Gasteiger partial charge in [-0.05, 0) is 26.0 Å². The normalized spacial score (nSPS) is 15.8. The maximum Gasteiger partial charge on any atom is 0.434 e. The number of halogens is 3. The van der Waals surface area contributed by atoms with Crippen LogP contribution in [-0.4, -0.2) is 60.7 Å². The highest BCUT2D eigenvalue weighted by molar-refractivity contribution is 8.14. The van der Waals surface area contributed by atoms with Crippen molar-refractivity contribution in [2.75, 3.05) is 17.6 Å². The second kappa shape index (κ2) is 9.24. The molecule has 0 fully saturated rings. The number of aryl methyl sites for hydroxylation is 1. The number of H-pyrrole nitrogens is 1. The lowest BCUT2D eigenvalue weighted by molar-refractivity contribution is -0.141. The van der Waals surface area contributed by atoms with Crippen molar-refractivity contribution in [3.8, 4) is 23.0 Å². The van der Waals surface area contributed by atoms with Gasteiger partial charge >= 0.3 is 18.0 Å². The molecule has 3 aromatic rings.